The van der Waals surface area contributed by atoms with Crippen LogP contribution >= 0.6 is 0 Å². The molecule has 4 aromatic carbocycles. The molecule has 0 unspecified atom stereocenters. The topological polar surface area (TPSA) is 69.6 Å². The molecule has 0 radical (unpaired) electrons. The van der Waals surface area contributed by atoms with Crippen molar-refractivity contribution in [2.75, 3.05) is 23.3 Å². The highest BCUT2D eigenvalue weighted by atomic mass is 16.4. The Bertz CT molecular complexity index is 1650. The highest BCUT2D eigenvalue weighted by molar-refractivity contribution is 5.97. The number of anilines is 2. The third kappa shape index (κ3) is 7.36. The number of nitrogens with zero attached hydrogens (tertiary/aromatic N) is 1. The van der Waals surface area contributed by atoms with Crippen LogP contribution < -0.4 is 10.2 Å². The first-order valence-electron chi connectivity index (χ1n) is 16.5. The second-order valence-corrected chi connectivity index (χ2v) is 14.3. The molecule has 0 saturated carbocycles. The van der Waals surface area contributed by atoms with Gasteiger partial charge >= 0.3 is 5.97 Å². The summed E-state index contributed by atoms with van der Waals surface area (Å²) in [7, 11) is 0. The molecule has 5 rings (SSSR count). The summed E-state index contributed by atoms with van der Waals surface area (Å²) in [5.41, 5.74) is 10.4. The SMILES string of the molecule is Cc1cc(C)c(-c2ccc(NC(=O)[C@@H](c3ccc(N4CCC(C(C)(C)C)CC4)cc3)[C@@H](C)c3ccc(C(=O)O)cc3)cc2)c(C)c1. The van der Waals surface area contributed by atoms with E-state index in [1.165, 1.54) is 40.8 Å². The maximum atomic E-state index is 14.1. The van der Waals surface area contributed by atoms with Crippen molar-refractivity contribution >= 4 is 23.3 Å². The average Bonchev–Trinajstić information content (AvgIpc) is 3.01. The van der Waals surface area contributed by atoms with Gasteiger partial charge in [-0.05, 0) is 121 Å². The van der Waals surface area contributed by atoms with Gasteiger partial charge in [-0.2, -0.15) is 0 Å². The Morgan fingerprint density at radius 1 is 0.804 bits per heavy atom. The van der Waals surface area contributed by atoms with Crippen LogP contribution in [0.2, 0.25) is 0 Å². The summed E-state index contributed by atoms with van der Waals surface area (Å²) in [5.74, 6) is -0.992. The third-order valence-corrected chi connectivity index (χ3v) is 9.92. The summed E-state index contributed by atoms with van der Waals surface area (Å²) in [6.07, 6.45) is 2.36. The number of amides is 1. The first kappa shape index (κ1) is 33.0. The molecule has 0 aliphatic carbocycles. The van der Waals surface area contributed by atoms with Gasteiger partial charge in [-0.25, -0.2) is 4.79 Å². The van der Waals surface area contributed by atoms with E-state index in [1.54, 1.807) is 12.1 Å². The third-order valence-electron chi connectivity index (χ3n) is 9.92. The number of rotatable bonds is 8. The smallest absolute Gasteiger partial charge is 0.335 e. The number of aryl methyl sites for hydroxylation is 3. The van der Waals surface area contributed by atoms with Gasteiger partial charge in [0.2, 0.25) is 5.91 Å². The number of aromatic carboxylic acids is 1. The quantitative estimate of drug-likeness (QED) is 0.207. The standard InChI is InChI=1S/C41H48N2O3/c1-26-24-27(2)37(28(3)25-26)31-12-16-35(17-13-31)42-39(44)38(29(4)30-8-10-33(11-9-30)40(45)46)32-14-18-36(19-15-32)43-22-20-34(21-23-43)41(5,6)7/h8-19,24-25,29,34,38H,20-23H2,1-7H3,(H,42,44)(H,45,46)/t29-,38+/m0/s1. The van der Waals surface area contributed by atoms with Crippen molar-refractivity contribution in [3.8, 4) is 11.1 Å². The van der Waals surface area contributed by atoms with Crippen molar-refractivity contribution in [2.24, 2.45) is 11.3 Å². The van der Waals surface area contributed by atoms with E-state index in [4.69, 9.17) is 0 Å². The van der Waals surface area contributed by atoms with Gasteiger partial charge in [-0.15, -0.1) is 0 Å². The van der Waals surface area contributed by atoms with Crippen molar-refractivity contribution in [3.63, 3.8) is 0 Å². The van der Waals surface area contributed by atoms with Gasteiger partial charge in [0.05, 0.1) is 11.5 Å². The zero-order valence-corrected chi connectivity index (χ0v) is 28.4. The number of piperidine rings is 1. The Hall–Kier alpha value is -4.38. The van der Waals surface area contributed by atoms with E-state index in [0.717, 1.165) is 41.4 Å². The molecular formula is C41H48N2O3. The highest BCUT2D eigenvalue weighted by Crippen LogP contribution is 2.38. The number of hydrogen-bond acceptors (Lipinski definition) is 3. The molecular weight excluding hydrogens is 568 g/mol. The lowest BCUT2D eigenvalue weighted by atomic mass is 9.75. The normalized spacial score (nSPS) is 15.3. The fraction of sp³-hybridized carbons (Fsp3) is 0.366. The average molecular weight is 617 g/mol. The molecule has 1 aliphatic rings. The van der Waals surface area contributed by atoms with Crippen LogP contribution in [0.4, 0.5) is 11.4 Å². The lowest BCUT2D eigenvalue weighted by Gasteiger charge is -2.39. The fourth-order valence-corrected chi connectivity index (χ4v) is 7.26. The molecule has 1 heterocycles. The van der Waals surface area contributed by atoms with Crippen molar-refractivity contribution in [1.29, 1.82) is 0 Å². The summed E-state index contributed by atoms with van der Waals surface area (Å²) in [5, 5.41) is 12.6. The molecule has 4 aromatic rings. The molecule has 0 bridgehead atoms. The van der Waals surface area contributed by atoms with Gasteiger partial charge in [0.15, 0.2) is 0 Å². The minimum absolute atomic E-state index is 0.0935. The summed E-state index contributed by atoms with van der Waals surface area (Å²) >= 11 is 0. The van der Waals surface area contributed by atoms with Gasteiger partial charge in [0.25, 0.3) is 0 Å². The second kappa shape index (κ2) is 13.5. The zero-order valence-electron chi connectivity index (χ0n) is 28.4. The second-order valence-electron chi connectivity index (χ2n) is 14.3. The van der Waals surface area contributed by atoms with Crippen molar-refractivity contribution < 1.29 is 14.7 Å². The number of hydrogen-bond donors (Lipinski definition) is 2. The highest BCUT2D eigenvalue weighted by Gasteiger charge is 2.31. The largest absolute Gasteiger partial charge is 0.478 e. The van der Waals surface area contributed by atoms with Gasteiger partial charge < -0.3 is 15.3 Å². The monoisotopic (exact) mass is 616 g/mol. The minimum atomic E-state index is -0.963. The number of nitrogens with one attached hydrogen (secondary N) is 1. The van der Waals surface area contributed by atoms with Crippen LogP contribution in [-0.2, 0) is 4.79 Å². The Labute approximate surface area is 274 Å². The number of carbonyl (C=O) groups excluding carboxylic acids is 1. The lowest BCUT2D eigenvalue weighted by Crippen LogP contribution is -2.38. The van der Waals surface area contributed by atoms with Crippen LogP contribution in [0, 0.1) is 32.1 Å². The summed E-state index contributed by atoms with van der Waals surface area (Å²) in [6, 6.07) is 27.8. The van der Waals surface area contributed by atoms with E-state index in [2.05, 4.69) is 100 Å². The Balaban J connectivity index is 1.39. The van der Waals surface area contributed by atoms with Crippen molar-refractivity contribution in [3.05, 3.63) is 118 Å². The van der Waals surface area contributed by atoms with E-state index >= 15 is 0 Å². The summed E-state index contributed by atoms with van der Waals surface area (Å²) in [6.45, 7) is 17.5. The Morgan fingerprint density at radius 3 is 1.87 bits per heavy atom. The van der Waals surface area contributed by atoms with Crippen LogP contribution in [0.15, 0.2) is 84.9 Å². The van der Waals surface area contributed by atoms with Crippen LogP contribution in [0.1, 0.15) is 90.5 Å². The molecule has 5 heteroatoms. The predicted octanol–water partition coefficient (Wildman–Crippen LogP) is 9.77. The molecule has 2 atom stereocenters. The first-order chi connectivity index (χ1) is 21.8. The van der Waals surface area contributed by atoms with E-state index in [-0.39, 0.29) is 17.4 Å². The number of carbonyl (C=O) groups is 2. The van der Waals surface area contributed by atoms with E-state index in [0.29, 0.717) is 5.41 Å². The molecule has 0 aromatic heterocycles. The molecule has 1 amide bonds. The molecule has 1 aliphatic heterocycles. The molecule has 2 N–H and O–H groups in total. The van der Waals surface area contributed by atoms with E-state index in [1.807, 2.05) is 31.2 Å². The van der Waals surface area contributed by atoms with Crippen molar-refractivity contribution in [1.82, 2.24) is 0 Å². The minimum Gasteiger partial charge on any atom is -0.478 e. The Kier molecular flexibility index (Phi) is 9.71. The van der Waals surface area contributed by atoms with Gasteiger partial charge in [-0.1, -0.05) is 81.8 Å². The molecule has 1 fully saturated rings. The molecule has 240 valence electrons. The molecule has 0 spiro atoms. The first-order valence-corrected chi connectivity index (χ1v) is 16.5. The molecule has 5 nitrogen and oxygen atoms in total. The zero-order chi connectivity index (χ0) is 33.2. The maximum absolute atomic E-state index is 14.1. The molecule has 46 heavy (non-hydrogen) atoms. The van der Waals surface area contributed by atoms with Gasteiger partial charge in [0, 0.05) is 24.5 Å². The van der Waals surface area contributed by atoms with Gasteiger partial charge in [-0.3, -0.25) is 4.79 Å². The number of carboxylic acid groups (broad SMARTS) is 1. The van der Waals surface area contributed by atoms with Crippen LogP contribution in [0.5, 0.6) is 0 Å². The Morgan fingerprint density at radius 2 is 1.35 bits per heavy atom. The van der Waals surface area contributed by atoms with Gasteiger partial charge in [0.1, 0.15) is 0 Å². The molecule has 1 saturated heterocycles. The van der Waals surface area contributed by atoms with Crippen LogP contribution in [0.25, 0.3) is 11.1 Å². The van der Waals surface area contributed by atoms with E-state index in [9.17, 15) is 14.7 Å². The van der Waals surface area contributed by atoms with Crippen LogP contribution in [-0.4, -0.2) is 30.1 Å². The summed E-state index contributed by atoms with van der Waals surface area (Å²) < 4.78 is 0. The fourth-order valence-electron chi connectivity index (χ4n) is 7.26. The lowest BCUT2D eigenvalue weighted by molar-refractivity contribution is -0.118. The van der Waals surface area contributed by atoms with Crippen LogP contribution in [0.3, 0.4) is 0 Å². The predicted molar refractivity (Wildman–Crippen MR) is 190 cm³/mol. The van der Waals surface area contributed by atoms with E-state index < -0.39 is 11.9 Å². The number of carboxylic acids is 1. The maximum Gasteiger partial charge on any atom is 0.335 e. The summed E-state index contributed by atoms with van der Waals surface area (Å²) in [4.78, 5) is 28.0. The van der Waals surface area contributed by atoms with Crippen molar-refractivity contribution in [2.45, 2.75) is 73.1 Å². The number of benzene rings is 4.